The van der Waals surface area contributed by atoms with Crippen molar-refractivity contribution in [3.63, 3.8) is 0 Å². The zero-order valence-corrected chi connectivity index (χ0v) is 9.71. The number of hydrogen-bond acceptors (Lipinski definition) is 3. The summed E-state index contributed by atoms with van der Waals surface area (Å²) >= 11 is 0. The lowest BCUT2D eigenvalue weighted by Crippen LogP contribution is -2.23. The van der Waals surface area contributed by atoms with E-state index in [2.05, 4.69) is 17.0 Å². The van der Waals surface area contributed by atoms with Crippen molar-refractivity contribution in [3.8, 4) is 0 Å². The second-order valence-corrected chi connectivity index (χ2v) is 3.86. The molecule has 1 aromatic heterocycles. The van der Waals surface area contributed by atoms with Gasteiger partial charge in [0, 0.05) is 7.05 Å². The van der Waals surface area contributed by atoms with E-state index in [9.17, 15) is 4.79 Å². The highest BCUT2D eigenvalue weighted by Crippen LogP contribution is 2.07. The zero-order valence-electron chi connectivity index (χ0n) is 9.71. The Morgan fingerprint density at radius 3 is 2.76 bits per heavy atom. The minimum absolute atomic E-state index is 0.209. The molecule has 0 spiro atoms. The van der Waals surface area contributed by atoms with Crippen LogP contribution in [0.1, 0.15) is 11.1 Å². The summed E-state index contributed by atoms with van der Waals surface area (Å²) in [4.78, 5) is 11.6. The highest BCUT2D eigenvalue weighted by atomic mass is 16.2. The molecule has 5 nitrogen and oxygen atoms in total. The number of nitrogens with zero attached hydrogens (tertiary/aromatic N) is 4. The minimum atomic E-state index is -0.209. The maximum absolute atomic E-state index is 11.6. The van der Waals surface area contributed by atoms with Gasteiger partial charge in [-0.15, -0.1) is 6.58 Å². The van der Waals surface area contributed by atoms with E-state index < -0.39 is 0 Å². The Morgan fingerprint density at radius 1 is 1.35 bits per heavy atom. The largest absolute Gasteiger partial charge is 0.363 e. The lowest BCUT2D eigenvalue weighted by Gasteiger charge is -2.02. The van der Waals surface area contributed by atoms with Crippen LogP contribution in [0.5, 0.6) is 0 Å². The van der Waals surface area contributed by atoms with Gasteiger partial charge in [-0.05, 0) is 28.0 Å². The maximum atomic E-state index is 11.6. The molecule has 0 fully saturated rings. The van der Waals surface area contributed by atoms with Crippen LogP contribution < -0.4 is 5.69 Å². The van der Waals surface area contributed by atoms with Crippen LogP contribution >= 0.6 is 0 Å². The van der Waals surface area contributed by atoms with Gasteiger partial charge in [-0.1, -0.05) is 30.3 Å². The second-order valence-electron chi connectivity index (χ2n) is 3.86. The van der Waals surface area contributed by atoms with Crippen LogP contribution in [-0.4, -0.2) is 19.8 Å². The first-order chi connectivity index (χ1) is 8.20. The average Bonchev–Trinajstić information content (AvgIpc) is 2.62. The first-order valence-corrected chi connectivity index (χ1v) is 5.36. The molecule has 0 bridgehead atoms. The molecule has 0 unspecified atom stereocenters. The Labute approximate surface area is 99.0 Å². The Bertz CT molecular complexity index is 582. The summed E-state index contributed by atoms with van der Waals surface area (Å²) < 4.78 is 2.56. The van der Waals surface area contributed by atoms with Gasteiger partial charge in [-0.2, -0.15) is 9.36 Å². The summed E-state index contributed by atoms with van der Waals surface area (Å²) in [5.41, 5.74) is 2.00. The molecule has 2 rings (SSSR count). The normalized spacial score (nSPS) is 10.4. The van der Waals surface area contributed by atoms with E-state index in [1.165, 1.54) is 14.9 Å². The van der Waals surface area contributed by atoms with Crippen LogP contribution in [0.2, 0.25) is 0 Å². The summed E-state index contributed by atoms with van der Waals surface area (Å²) in [5.74, 6) is 0. The van der Waals surface area contributed by atoms with E-state index in [1.807, 2.05) is 30.3 Å². The van der Waals surface area contributed by atoms with Crippen LogP contribution in [0.25, 0.3) is 0 Å². The third kappa shape index (κ3) is 2.50. The predicted octanol–water partition coefficient (Wildman–Crippen LogP) is 0.754. The van der Waals surface area contributed by atoms with Crippen molar-refractivity contribution in [1.29, 1.82) is 0 Å². The van der Waals surface area contributed by atoms with Gasteiger partial charge in [0.25, 0.3) is 0 Å². The molecule has 1 aromatic carbocycles. The van der Waals surface area contributed by atoms with Gasteiger partial charge in [-0.3, -0.25) is 0 Å². The molecule has 5 heteroatoms. The van der Waals surface area contributed by atoms with Crippen molar-refractivity contribution in [3.05, 3.63) is 58.5 Å². The van der Waals surface area contributed by atoms with Crippen molar-refractivity contribution >= 4 is 0 Å². The fourth-order valence-electron chi connectivity index (χ4n) is 1.65. The van der Waals surface area contributed by atoms with Crippen molar-refractivity contribution in [1.82, 2.24) is 19.8 Å². The fourth-order valence-corrected chi connectivity index (χ4v) is 1.65. The van der Waals surface area contributed by atoms with Crippen molar-refractivity contribution < 1.29 is 0 Å². The molecule has 0 aliphatic carbocycles. The fraction of sp³-hybridized carbons (Fsp3) is 0.250. The van der Waals surface area contributed by atoms with E-state index in [1.54, 1.807) is 7.05 Å². The molecule has 2 aromatic rings. The monoisotopic (exact) mass is 230 g/mol. The summed E-state index contributed by atoms with van der Waals surface area (Å²) in [6.07, 6.45) is 2.68. The van der Waals surface area contributed by atoms with E-state index in [-0.39, 0.29) is 5.69 Å². The zero-order chi connectivity index (χ0) is 12.3. The van der Waals surface area contributed by atoms with Gasteiger partial charge >= 0.3 is 5.69 Å². The quantitative estimate of drug-likeness (QED) is 0.728. The molecule has 1 heterocycles. The molecule has 17 heavy (non-hydrogen) atoms. The molecule has 0 aliphatic rings. The van der Waals surface area contributed by atoms with E-state index >= 15 is 0 Å². The van der Waals surface area contributed by atoms with Gasteiger partial charge in [0.1, 0.15) is 0 Å². The number of allylic oxidation sites excluding steroid dienone is 1. The van der Waals surface area contributed by atoms with Crippen molar-refractivity contribution in [2.45, 2.75) is 13.0 Å². The number of rotatable bonds is 4. The van der Waals surface area contributed by atoms with Crippen LogP contribution in [0, 0.1) is 0 Å². The topological polar surface area (TPSA) is 52.7 Å². The lowest BCUT2D eigenvalue weighted by atomic mass is 10.1. The standard InChI is InChI=1S/C12H14N4O/c1-3-5-10-6-4-7-11(8-10)9-16-12(17)15(2)13-14-16/h3-4,6-8H,1,5,9H2,2H3. The molecule has 0 amide bonds. The lowest BCUT2D eigenvalue weighted by molar-refractivity contribution is 0.631. The third-order valence-electron chi connectivity index (χ3n) is 2.48. The summed E-state index contributed by atoms with van der Waals surface area (Å²) in [7, 11) is 1.58. The SMILES string of the molecule is C=CCc1cccc(Cn2nnn(C)c2=O)c1. The highest BCUT2D eigenvalue weighted by molar-refractivity contribution is 5.24. The van der Waals surface area contributed by atoms with Gasteiger partial charge in [-0.25, -0.2) is 4.79 Å². The maximum Gasteiger partial charge on any atom is 0.363 e. The molecular weight excluding hydrogens is 216 g/mol. The number of tetrazole rings is 1. The Hall–Kier alpha value is -2.17. The van der Waals surface area contributed by atoms with E-state index in [4.69, 9.17) is 0 Å². The number of benzene rings is 1. The van der Waals surface area contributed by atoms with Gasteiger partial charge in [0.05, 0.1) is 6.54 Å². The number of hydrogen-bond donors (Lipinski definition) is 0. The number of aryl methyl sites for hydroxylation is 1. The average molecular weight is 230 g/mol. The molecular formula is C12H14N4O. The first-order valence-electron chi connectivity index (χ1n) is 5.36. The van der Waals surface area contributed by atoms with Crippen LogP contribution in [0.4, 0.5) is 0 Å². The summed E-state index contributed by atoms with van der Waals surface area (Å²) in [6, 6.07) is 8.01. The molecule has 0 N–H and O–H groups in total. The van der Waals surface area contributed by atoms with Gasteiger partial charge in [0.15, 0.2) is 0 Å². The van der Waals surface area contributed by atoms with Crippen molar-refractivity contribution in [2.24, 2.45) is 7.05 Å². The third-order valence-corrected chi connectivity index (χ3v) is 2.48. The molecule has 0 radical (unpaired) electrons. The first kappa shape index (κ1) is 11.3. The van der Waals surface area contributed by atoms with Crippen LogP contribution in [0.15, 0.2) is 41.7 Å². The molecule has 0 atom stereocenters. The highest BCUT2D eigenvalue weighted by Gasteiger charge is 2.04. The summed E-state index contributed by atoms with van der Waals surface area (Å²) in [6.45, 7) is 4.15. The molecule has 0 aliphatic heterocycles. The van der Waals surface area contributed by atoms with Crippen LogP contribution in [-0.2, 0) is 20.0 Å². The Balaban J connectivity index is 2.24. The van der Waals surface area contributed by atoms with Crippen molar-refractivity contribution in [2.75, 3.05) is 0 Å². The van der Waals surface area contributed by atoms with E-state index in [0.717, 1.165) is 12.0 Å². The minimum Gasteiger partial charge on any atom is -0.244 e. The Kier molecular flexibility index (Phi) is 3.18. The number of aromatic nitrogens is 4. The molecule has 0 saturated carbocycles. The summed E-state index contributed by atoms with van der Waals surface area (Å²) in [5, 5.41) is 7.46. The molecule has 0 saturated heterocycles. The smallest absolute Gasteiger partial charge is 0.244 e. The van der Waals surface area contributed by atoms with Gasteiger partial charge in [0.2, 0.25) is 0 Å². The van der Waals surface area contributed by atoms with Gasteiger partial charge < -0.3 is 0 Å². The molecule has 88 valence electrons. The predicted molar refractivity (Wildman–Crippen MR) is 64.7 cm³/mol. The van der Waals surface area contributed by atoms with Crippen LogP contribution in [0.3, 0.4) is 0 Å². The van der Waals surface area contributed by atoms with E-state index in [0.29, 0.717) is 6.54 Å². The second kappa shape index (κ2) is 4.78. The Morgan fingerprint density at radius 2 is 2.12 bits per heavy atom.